The van der Waals surface area contributed by atoms with Crippen LogP contribution in [0, 0.1) is 0 Å². The third-order valence-corrected chi connectivity index (χ3v) is 6.55. The van der Waals surface area contributed by atoms with Gasteiger partial charge in [0.05, 0.1) is 11.8 Å². The monoisotopic (exact) mass is 399 g/mol. The lowest BCUT2D eigenvalue weighted by molar-refractivity contribution is -0.314. The predicted octanol–water partition coefficient (Wildman–Crippen LogP) is 4.40. The average Bonchev–Trinajstić information content (AvgIpc) is 2.88. The molecule has 1 N–H and O–H groups in total. The molecular formula is C23H33N3O3. The van der Waals surface area contributed by atoms with Gasteiger partial charge in [-0.05, 0) is 65.5 Å². The molecule has 2 saturated heterocycles. The van der Waals surface area contributed by atoms with E-state index in [0.29, 0.717) is 18.5 Å². The zero-order valence-electron chi connectivity index (χ0n) is 18.0. The third kappa shape index (κ3) is 3.57. The van der Waals surface area contributed by atoms with E-state index in [2.05, 4.69) is 38.1 Å². The fourth-order valence-electron chi connectivity index (χ4n) is 5.78. The smallest absolute Gasteiger partial charge is 0.323 e. The molecule has 1 aromatic carbocycles. The Morgan fingerprint density at radius 3 is 2.10 bits per heavy atom. The van der Waals surface area contributed by atoms with Crippen LogP contribution in [0.15, 0.2) is 30.3 Å². The zero-order chi connectivity index (χ0) is 20.9. The minimum absolute atomic E-state index is 0.160. The molecule has 2 heterocycles. The Hall–Kier alpha value is -1.92. The van der Waals surface area contributed by atoms with Crippen molar-refractivity contribution >= 4 is 17.6 Å². The van der Waals surface area contributed by atoms with Crippen LogP contribution in [0.5, 0.6) is 0 Å². The summed E-state index contributed by atoms with van der Waals surface area (Å²) in [6.45, 7) is 8.46. The Labute approximate surface area is 173 Å². The zero-order valence-corrected chi connectivity index (χ0v) is 18.0. The van der Waals surface area contributed by atoms with Crippen LogP contribution in [0.3, 0.4) is 0 Å². The number of hydrogen-bond acceptors (Lipinski definition) is 4. The number of para-hydroxylation sites is 1. The first-order chi connectivity index (χ1) is 13.6. The number of carbonyl (C=O) groups excluding carboxylic acids is 2. The number of amides is 3. The summed E-state index contributed by atoms with van der Waals surface area (Å²) in [5.41, 5.74) is -1.08. The van der Waals surface area contributed by atoms with E-state index in [4.69, 9.17) is 4.84 Å². The molecule has 0 radical (unpaired) electrons. The second-order valence-electron chi connectivity index (χ2n) is 10.1. The molecule has 3 fully saturated rings. The van der Waals surface area contributed by atoms with Gasteiger partial charge in [-0.3, -0.25) is 9.63 Å². The minimum Gasteiger partial charge on any atom is -0.323 e. The normalized spacial score (nSPS) is 26.7. The first-order valence-electron chi connectivity index (χ1n) is 10.8. The highest BCUT2D eigenvalue weighted by Crippen LogP contribution is 2.47. The molecule has 158 valence electrons. The SMILES string of the molecule is CC1(C)CC2(CC(C)(C)N1OC1CCCCC1)NC(=O)N(c1ccccc1)C2=O. The number of hydroxylamine groups is 2. The van der Waals surface area contributed by atoms with Gasteiger partial charge in [-0.1, -0.05) is 37.5 Å². The molecule has 2 aliphatic heterocycles. The van der Waals surface area contributed by atoms with Crippen molar-refractivity contribution in [3.05, 3.63) is 30.3 Å². The Bertz CT molecular complexity index is 766. The van der Waals surface area contributed by atoms with Crippen molar-refractivity contribution < 1.29 is 14.4 Å². The molecule has 0 aromatic heterocycles. The Morgan fingerprint density at radius 2 is 1.52 bits per heavy atom. The maximum atomic E-state index is 13.5. The van der Waals surface area contributed by atoms with Crippen molar-refractivity contribution in [1.29, 1.82) is 0 Å². The summed E-state index contributed by atoms with van der Waals surface area (Å²) in [7, 11) is 0. The summed E-state index contributed by atoms with van der Waals surface area (Å²) in [5, 5.41) is 5.18. The summed E-state index contributed by atoms with van der Waals surface area (Å²) < 4.78 is 0. The van der Waals surface area contributed by atoms with Gasteiger partial charge in [-0.25, -0.2) is 9.69 Å². The predicted molar refractivity (Wildman–Crippen MR) is 112 cm³/mol. The number of anilines is 1. The molecule has 29 heavy (non-hydrogen) atoms. The van der Waals surface area contributed by atoms with E-state index in [1.165, 1.54) is 24.2 Å². The number of benzene rings is 1. The second kappa shape index (κ2) is 7.10. The van der Waals surface area contributed by atoms with Gasteiger partial charge in [0.1, 0.15) is 5.54 Å². The van der Waals surface area contributed by atoms with Gasteiger partial charge >= 0.3 is 6.03 Å². The fraction of sp³-hybridized carbons (Fsp3) is 0.652. The van der Waals surface area contributed by atoms with E-state index in [1.807, 2.05) is 18.2 Å². The molecule has 1 spiro atoms. The lowest BCUT2D eigenvalue weighted by atomic mass is 9.70. The molecule has 1 saturated carbocycles. The Morgan fingerprint density at radius 1 is 0.931 bits per heavy atom. The topological polar surface area (TPSA) is 61.9 Å². The van der Waals surface area contributed by atoms with Gasteiger partial charge < -0.3 is 5.32 Å². The van der Waals surface area contributed by atoms with Gasteiger partial charge in [0.25, 0.3) is 5.91 Å². The van der Waals surface area contributed by atoms with Crippen LogP contribution in [-0.2, 0) is 9.63 Å². The largest absolute Gasteiger partial charge is 0.329 e. The molecule has 0 unspecified atom stereocenters. The number of rotatable bonds is 3. The number of carbonyl (C=O) groups is 2. The summed E-state index contributed by atoms with van der Waals surface area (Å²) in [6.07, 6.45) is 7.16. The van der Waals surface area contributed by atoms with E-state index >= 15 is 0 Å². The highest BCUT2D eigenvalue weighted by molar-refractivity contribution is 6.23. The van der Waals surface area contributed by atoms with E-state index in [1.54, 1.807) is 12.1 Å². The van der Waals surface area contributed by atoms with Gasteiger partial charge in [0.2, 0.25) is 0 Å². The lowest BCUT2D eigenvalue weighted by Crippen LogP contribution is -2.70. The van der Waals surface area contributed by atoms with Crippen molar-refractivity contribution in [3.63, 3.8) is 0 Å². The summed E-state index contributed by atoms with van der Waals surface area (Å²) in [4.78, 5) is 34.2. The lowest BCUT2D eigenvalue weighted by Gasteiger charge is -2.57. The van der Waals surface area contributed by atoms with Gasteiger partial charge in [-0.2, -0.15) is 5.06 Å². The molecule has 6 heteroatoms. The third-order valence-electron chi connectivity index (χ3n) is 6.55. The first-order valence-corrected chi connectivity index (χ1v) is 10.8. The highest BCUT2D eigenvalue weighted by Gasteiger charge is 2.62. The number of urea groups is 1. The summed E-state index contributed by atoms with van der Waals surface area (Å²) in [6, 6.07) is 8.83. The van der Waals surface area contributed by atoms with Crippen LogP contribution in [0.25, 0.3) is 0 Å². The van der Waals surface area contributed by atoms with Gasteiger partial charge in [-0.15, -0.1) is 0 Å². The number of hydrogen-bond donors (Lipinski definition) is 1. The number of piperidine rings is 1. The standard InChI is InChI=1S/C23H33N3O3/c1-21(2)15-23(16-22(3,4)26(21)29-18-13-9-6-10-14-18)19(27)25(20(28)24-23)17-11-7-5-8-12-17/h5,7-8,11-12,18H,6,9-10,13-16H2,1-4H3,(H,24,28). The summed E-state index contributed by atoms with van der Waals surface area (Å²) >= 11 is 0. The first kappa shape index (κ1) is 20.4. The highest BCUT2D eigenvalue weighted by atomic mass is 16.7. The van der Waals surface area contributed by atoms with E-state index < -0.39 is 16.6 Å². The fourth-order valence-corrected chi connectivity index (χ4v) is 5.78. The van der Waals surface area contributed by atoms with Crippen molar-refractivity contribution in [3.8, 4) is 0 Å². The minimum atomic E-state index is -0.910. The Kier molecular flexibility index (Phi) is 4.98. The maximum absolute atomic E-state index is 13.5. The summed E-state index contributed by atoms with van der Waals surface area (Å²) in [5.74, 6) is -0.160. The quantitative estimate of drug-likeness (QED) is 0.766. The van der Waals surface area contributed by atoms with Gasteiger partial charge in [0.15, 0.2) is 0 Å². The van der Waals surface area contributed by atoms with Crippen molar-refractivity contribution in [1.82, 2.24) is 10.4 Å². The molecule has 6 nitrogen and oxygen atoms in total. The van der Waals surface area contributed by atoms with Gasteiger partial charge in [0, 0.05) is 11.1 Å². The van der Waals surface area contributed by atoms with Crippen molar-refractivity contribution in [2.45, 2.75) is 95.4 Å². The Balaban J connectivity index is 1.61. The van der Waals surface area contributed by atoms with E-state index in [9.17, 15) is 9.59 Å². The van der Waals surface area contributed by atoms with Crippen LogP contribution in [0.1, 0.15) is 72.6 Å². The molecular weight excluding hydrogens is 366 g/mol. The molecule has 0 bridgehead atoms. The van der Waals surface area contributed by atoms with E-state index in [-0.39, 0.29) is 18.0 Å². The molecule has 0 atom stereocenters. The van der Waals surface area contributed by atoms with E-state index in [0.717, 1.165) is 12.8 Å². The van der Waals surface area contributed by atoms with Crippen LogP contribution >= 0.6 is 0 Å². The van der Waals surface area contributed by atoms with Crippen LogP contribution in [-0.4, -0.2) is 39.7 Å². The number of nitrogens with zero attached hydrogens (tertiary/aromatic N) is 2. The molecule has 1 aromatic rings. The number of nitrogens with one attached hydrogen (secondary N) is 1. The molecule has 3 amide bonds. The van der Waals surface area contributed by atoms with Crippen LogP contribution in [0.4, 0.5) is 10.5 Å². The average molecular weight is 400 g/mol. The molecule has 1 aliphatic carbocycles. The molecule has 3 aliphatic rings. The maximum Gasteiger partial charge on any atom is 0.329 e. The van der Waals surface area contributed by atoms with Crippen LogP contribution < -0.4 is 10.2 Å². The molecule has 4 rings (SSSR count). The number of imide groups is 1. The van der Waals surface area contributed by atoms with Crippen molar-refractivity contribution in [2.24, 2.45) is 0 Å². The van der Waals surface area contributed by atoms with Crippen molar-refractivity contribution in [2.75, 3.05) is 4.90 Å². The second-order valence-corrected chi connectivity index (χ2v) is 10.1. The van der Waals surface area contributed by atoms with Crippen LogP contribution in [0.2, 0.25) is 0 Å².